The molecule has 1 atom stereocenters. The van der Waals surface area contributed by atoms with Crippen LogP contribution in [0.15, 0.2) is 12.5 Å². The molecule has 9 nitrogen and oxygen atoms in total. The van der Waals surface area contributed by atoms with Gasteiger partial charge in [-0.3, -0.25) is 4.79 Å². The number of alkyl halides is 3. The topological polar surface area (TPSA) is 118 Å². The molecule has 0 bridgehead atoms. The molecule has 0 unspecified atom stereocenters. The van der Waals surface area contributed by atoms with E-state index in [0.717, 1.165) is 0 Å². The predicted octanol–water partition coefficient (Wildman–Crippen LogP) is 1.84. The molecule has 140 valence electrons. The van der Waals surface area contributed by atoms with Crippen LogP contribution in [0.1, 0.15) is 30.5 Å². The molecule has 27 heavy (non-hydrogen) atoms. The Balaban J connectivity index is 1.80. The molecule has 0 radical (unpaired) electrons. The number of amides is 1. The molecule has 0 aliphatic carbocycles. The van der Waals surface area contributed by atoms with Crippen LogP contribution < -0.4 is 5.32 Å². The quantitative estimate of drug-likeness (QED) is 0.713. The number of carbonyl (C=O) groups excluding carboxylic acids is 1. The van der Waals surface area contributed by atoms with Crippen molar-refractivity contribution >= 4 is 17.4 Å². The van der Waals surface area contributed by atoms with E-state index in [4.69, 9.17) is 0 Å². The van der Waals surface area contributed by atoms with Gasteiger partial charge in [0.15, 0.2) is 11.5 Å². The van der Waals surface area contributed by atoms with Crippen LogP contribution in [-0.4, -0.2) is 46.7 Å². The van der Waals surface area contributed by atoms with Gasteiger partial charge in [-0.15, -0.1) is 0 Å². The number of nitrogens with zero attached hydrogens (tertiary/aromatic N) is 6. The van der Waals surface area contributed by atoms with Crippen molar-refractivity contribution in [3.63, 3.8) is 0 Å². The van der Waals surface area contributed by atoms with E-state index in [-0.39, 0.29) is 40.1 Å². The summed E-state index contributed by atoms with van der Waals surface area (Å²) in [5.74, 6) is -1.24. The van der Waals surface area contributed by atoms with Gasteiger partial charge in [-0.1, -0.05) is 0 Å². The fourth-order valence-corrected chi connectivity index (χ4v) is 2.85. The van der Waals surface area contributed by atoms with E-state index >= 15 is 0 Å². The van der Waals surface area contributed by atoms with Crippen LogP contribution in [0.4, 0.5) is 19.0 Å². The summed E-state index contributed by atoms with van der Waals surface area (Å²) in [6.07, 6.45) is -3.24. The smallest absolute Gasteiger partial charge is 0.389 e. The van der Waals surface area contributed by atoms with Crippen molar-refractivity contribution < 1.29 is 23.1 Å². The summed E-state index contributed by atoms with van der Waals surface area (Å²) in [5.41, 5.74) is 0.624. The third-order valence-corrected chi connectivity index (χ3v) is 4.20. The molecule has 3 aromatic heterocycles. The summed E-state index contributed by atoms with van der Waals surface area (Å²) in [6.45, 7) is 1.60. The number of aromatic hydroxyl groups is 1. The lowest BCUT2D eigenvalue weighted by Gasteiger charge is -2.09. The Labute approximate surface area is 149 Å². The van der Waals surface area contributed by atoms with E-state index in [0.29, 0.717) is 0 Å². The maximum atomic E-state index is 12.6. The summed E-state index contributed by atoms with van der Waals surface area (Å²) >= 11 is 0. The first-order valence-corrected chi connectivity index (χ1v) is 7.91. The number of aromatic nitrogens is 6. The summed E-state index contributed by atoms with van der Waals surface area (Å²) < 4.78 is 39.1. The zero-order valence-electron chi connectivity index (χ0n) is 13.8. The zero-order chi connectivity index (χ0) is 19.3. The Morgan fingerprint density at radius 3 is 2.81 bits per heavy atom. The van der Waals surface area contributed by atoms with E-state index in [1.165, 1.54) is 17.0 Å². The lowest BCUT2D eigenvalue weighted by atomic mass is 10.1. The molecule has 1 aliphatic rings. The third kappa shape index (κ3) is 3.02. The average molecular weight is 379 g/mol. The second-order valence-corrected chi connectivity index (χ2v) is 6.06. The van der Waals surface area contributed by atoms with E-state index in [9.17, 15) is 23.1 Å². The van der Waals surface area contributed by atoms with Crippen molar-refractivity contribution in [1.29, 1.82) is 0 Å². The molecular formula is C15H12F3N7O2. The van der Waals surface area contributed by atoms with Gasteiger partial charge in [-0.2, -0.15) is 23.3 Å². The van der Waals surface area contributed by atoms with Crippen molar-refractivity contribution in [3.05, 3.63) is 23.8 Å². The van der Waals surface area contributed by atoms with Crippen LogP contribution in [0.3, 0.4) is 0 Å². The second kappa shape index (κ2) is 5.86. The van der Waals surface area contributed by atoms with Gasteiger partial charge in [-0.25, -0.2) is 19.5 Å². The molecule has 3 aromatic rings. The predicted molar refractivity (Wildman–Crippen MR) is 84.9 cm³/mol. The summed E-state index contributed by atoms with van der Waals surface area (Å²) in [4.78, 5) is 28.0. The number of nitrogens with one attached hydrogen (secondary N) is 1. The highest BCUT2D eigenvalue weighted by atomic mass is 19.4. The van der Waals surface area contributed by atoms with Gasteiger partial charge >= 0.3 is 6.18 Å². The van der Waals surface area contributed by atoms with Gasteiger partial charge < -0.3 is 10.4 Å². The molecule has 12 heteroatoms. The number of hydrogen-bond donors (Lipinski definition) is 2. The minimum atomic E-state index is -4.35. The van der Waals surface area contributed by atoms with Crippen LogP contribution in [0.2, 0.25) is 0 Å². The van der Waals surface area contributed by atoms with Crippen LogP contribution in [0.25, 0.3) is 17.2 Å². The molecule has 0 spiro atoms. The lowest BCUT2D eigenvalue weighted by Crippen LogP contribution is -2.11. The Morgan fingerprint density at radius 2 is 2.07 bits per heavy atom. The van der Waals surface area contributed by atoms with Crippen molar-refractivity contribution in [3.8, 4) is 17.4 Å². The monoisotopic (exact) mass is 379 g/mol. The standard InChI is InChI=1S/C15H12F3N7O2/c1-6-9-11(24-13(6)26)22-10(23-14(9)27)8-4-25-12(19-5-20-25)7(21-8)2-3-15(16,17)18/h4-6H,2-3H2,1H3,(H2,22,23,24,26,27)/t6-/m1/s1. The van der Waals surface area contributed by atoms with Crippen LogP contribution in [0.5, 0.6) is 5.88 Å². The molecule has 1 amide bonds. The highest BCUT2D eigenvalue weighted by Gasteiger charge is 2.33. The first-order chi connectivity index (χ1) is 12.7. The number of halogens is 3. The van der Waals surface area contributed by atoms with Crippen LogP contribution in [-0.2, 0) is 11.2 Å². The minimum Gasteiger partial charge on any atom is -0.493 e. The molecule has 0 saturated heterocycles. The van der Waals surface area contributed by atoms with Gasteiger partial charge in [0.05, 0.1) is 23.4 Å². The molecule has 4 heterocycles. The maximum absolute atomic E-state index is 12.6. The molecule has 1 aliphatic heterocycles. The highest BCUT2D eigenvalue weighted by molar-refractivity contribution is 6.02. The van der Waals surface area contributed by atoms with Crippen molar-refractivity contribution in [2.45, 2.75) is 31.9 Å². The maximum Gasteiger partial charge on any atom is 0.389 e. The lowest BCUT2D eigenvalue weighted by molar-refractivity contribution is -0.134. The zero-order valence-corrected chi connectivity index (χ0v) is 13.8. The third-order valence-electron chi connectivity index (χ3n) is 4.20. The number of anilines is 1. The van der Waals surface area contributed by atoms with Gasteiger partial charge in [0.25, 0.3) is 0 Å². The fourth-order valence-electron chi connectivity index (χ4n) is 2.85. The molecular weight excluding hydrogens is 367 g/mol. The van der Waals surface area contributed by atoms with E-state index in [1.54, 1.807) is 6.92 Å². The van der Waals surface area contributed by atoms with E-state index < -0.39 is 30.8 Å². The Hall–Kier alpha value is -3.31. The van der Waals surface area contributed by atoms with Crippen molar-refractivity contribution in [2.24, 2.45) is 0 Å². The van der Waals surface area contributed by atoms with E-state index in [2.05, 4.69) is 30.4 Å². The molecule has 2 N–H and O–H groups in total. The van der Waals surface area contributed by atoms with Gasteiger partial charge in [0, 0.05) is 12.8 Å². The molecule has 0 aromatic carbocycles. The van der Waals surface area contributed by atoms with E-state index in [1.807, 2.05) is 0 Å². The normalized spacial score (nSPS) is 16.6. The van der Waals surface area contributed by atoms with Crippen molar-refractivity contribution in [2.75, 3.05) is 5.32 Å². The Bertz CT molecular complexity index is 1060. The van der Waals surface area contributed by atoms with Crippen LogP contribution in [0, 0.1) is 0 Å². The minimum absolute atomic E-state index is 0.0497. The number of fused-ring (bicyclic) bond motifs is 2. The molecule has 0 fully saturated rings. The number of hydrogen-bond acceptors (Lipinski definition) is 7. The Kier molecular flexibility index (Phi) is 3.71. The second-order valence-electron chi connectivity index (χ2n) is 6.06. The number of carbonyl (C=O) groups is 1. The summed E-state index contributed by atoms with van der Waals surface area (Å²) in [7, 11) is 0. The molecule has 0 saturated carbocycles. The van der Waals surface area contributed by atoms with Gasteiger partial charge in [0.2, 0.25) is 11.8 Å². The largest absolute Gasteiger partial charge is 0.493 e. The van der Waals surface area contributed by atoms with Crippen molar-refractivity contribution in [1.82, 2.24) is 29.5 Å². The summed E-state index contributed by atoms with van der Waals surface area (Å²) in [5, 5.41) is 16.6. The number of rotatable bonds is 3. The first kappa shape index (κ1) is 17.1. The van der Waals surface area contributed by atoms with Gasteiger partial charge in [0.1, 0.15) is 17.8 Å². The average Bonchev–Trinajstić information content (AvgIpc) is 3.16. The Morgan fingerprint density at radius 1 is 1.30 bits per heavy atom. The molecule has 4 rings (SSSR count). The number of aryl methyl sites for hydroxylation is 1. The highest BCUT2D eigenvalue weighted by Crippen LogP contribution is 2.37. The van der Waals surface area contributed by atoms with Crippen LogP contribution >= 0.6 is 0 Å². The SMILES string of the molecule is C[C@H]1C(=O)Nc2nc(-c3cn4ncnc4c(CCC(F)(F)F)n3)nc(O)c21. The van der Waals surface area contributed by atoms with Gasteiger partial charge in [-0.05, 0) is 6.92 Å². The summed E-state index contributed by atoms with van der Waals surface area (Å²) in [6, 6.07) is 0. The fraction of sp³-hybridized carbons (Fsp3) is 0.333. The first-order valence-electron chi connectivity index (χ1n) is 7.91.